The maximum Gasteiger partial charge on any atom is 0.322 e. The first kappa shape index (κ1) is 16.0. The van der Waals surface area contributed by atoms with E-state index in [4.69, 9.17) is 4.42 Å². The van der Waals surface area contributed by atoms with Gasteiger partial charge in [0.05, 0.1) is 12.3 Å². The van der Waals surface area contributed by atoms with E-state index < -0.39 is 12.1 Å². The van der Waals surface area contributed by atoms with E-state index in [0.29, 0.717) is 6.54 Å². The molecule has 1 fully saturated rings. The summed E-state index contributed by atoms with van der Waals surface area (Å²) >= 11 is 0. The van der Waals surface area contributed by atoms with Crippen LogP contribution in [-0.4, -0.2) is 49.4 Å². The monoisotopic (exact) mass is 308 g/mol. The molecule has 1 aliphatic rings. The van der Waals surface area contributed by atoms with Crippen LogP contribution >= 0.6 is 0 Å². The minimum atomic E-state index is -0.632. The van der Waals surface area contributed by atoms with E-state index in [1.807, 2.05) is 25.1 Å². The van der Waals surface area contributed by atoms with Crippen LogP contribution in [0.5, 0.6) is 0 Å². The number of rotatable bonds is 7. The molecule has 0 saturated carbocycles. The zero-order valence-corrected chi connectivity index (χ0v) is 12.6. The lowest BCUT2D eigenvalue weighted by Crippen LogP contribution is -2.36. The molecule has 2 heterocycles. The molecule has 0 spiro atoms. The third-order valence-electron chi connectivity index (χ3n) is 3.51. The van der Waals surface area contributed by atoms with Gasteiger partial charge in [-0.2, -0.15) is 0 Å². The SMILES string of the molecule is CN(C)[C@@H](CNC(=O)CC[C@@H]1NC(=O)NC1=O)c1ccco1. The molecule has 0 unspecified atom stereocenters. The Labute approximate surface area is 128 Å². The highest BCUT2D eigenvalue weighted by Gasteiger charge is 2.29. The second kappa shape index (κ2) is 7.08. The Kier molecular flexibility index (Phi) is 5.16. The van der Waals surface area contributed by atoms with Crippen molar-refractivity contribution in [3.05, 3.63) is 24.2 Å². The van der Waals surface area contributed by atoms with Gasteiger partial charge in [0, 0.05) is 13.0 Å². The topological polar surface area (TPSA) is 104 Å². The minimum absolute atomic E-state index is 0.0616. The number of hydrogen-bond donors (Lipinski definition) is 3. The molecule has 8 heteroatoms. The average molecular weight is 308 g/mol. The third kappa shape index (κ3) is 4.08. The fourth-order valence-corrected chi connectivity index (χ4v) is 2.26. The number of carbonyl (C=O) groups excluding carboxylic acids is 3. The molecule has 0 aliphatic carbocycles. The molecule has 8 nitrogen and oxygen atoms in total. The number of nitrogens with zero attached hydrogens (tertiary/aromatic N) is 1. The Morgan fingerprint density at radius 2 is 2.23 bits per heavy atom. The van der Waals surface area contributed by atoms with Gasteiger partial charge in [0.1, 0.15) is 11.8 Å². The summed E-state index contributed by atoms with van der Waals surface area (Å²) < 4.78 is 5.36. The predicted molar refractivity (Wildman–Crippen MR) is 77.8 cm³/mol. The summed E-state index contributed by atoms with van der Waals surface area (Å²) in [4.78, 5) is 36.2. The minimum Gasteiger partial charge on any atom is -0.468 e. The molecule has 0 radical (unpaired) electrons. The molecular formula is C14H20N4O4. The van der Waals surface area contributed by atoms with Gasteiger partial charge in [-0.3, -0.25) is 19.8 Å². The molecule has 2 atom stereocenters. The third-order valence-corrected chi connectivity index (χ3v) is 3.51. The molecule has 1 aromatic heterocycles. The van der Waals surface area contributed by atoms with Crippen molar-refractivity contribution in [1.29, 1.82) is 0 Å². The van der Waals surface area contributed by atoms with Gasteiger partial charge in [0.2, 0.25) is 5.91 Å². The molecular weight excluding hydrogens is 288 g/mol. The molecule has 0 aromatic carbocycles. The summed E-state index contributed by atoms with van der Waals surface area (Å²) in [5.74, 6) is 0.208. The van der Waals surface area contributed by atoms with E-state index >= 15 is 0 Å². The van der Waals surface area contributed by atoms with Gasteiger partial charge < -0.3 is 15.1 Å². The van der Waals surface area contributed by atoms with E-state index in [-0.39, 0.29) is 30.7 Å². The largest absolute Gasteiger partial charge is 0.468 e. The number of likely N-dealkylation sites (N-methyl/N-ethyl adjacent to an activating group) is 1. The Bertz CT molecular complexity index is 541. The van der Waals surface area contributed by atoms with Gasteiger partial charge in [0.25, 0.3) is 5.91 Å². The van der Waals surface area contributed by atoms with Gasteiger partial charge in [-0.15, -0.1) is 0 Å². The van der Waals surface area contributed by atoms with Crippen molar-refractivity contribution in [2.45, 2.75) is 24.9 Å². The molecule has 120 valence electrons. The van der Waals surface area contributed by atoms with Crippen molar-refractivity contribution >= 4 is 17.8 Å². The van der Waals surface area contributed by atoms with Crippen LogP contribution < -0.4 is 16.0 Å². The summed E-state index contributed by atoms with van der Waals surface area (Å²) in [6.07, 6.45) is 2.03. The number of urea groups is 1. The Morgan fingerprint density at radius 3 is 2.77 bits per heavy atom. The van der Waals surface area contributed by atoms with Crippen molar-refractivity contribution in [2.24, 2.45) is 0 Å². The molecule has 0 bridgehead atoms. The highest BCUT2D eigenvalue weighted by Crippen LogP contribution is 2.17. The first-order valence-electron chi connectivity index (χ1n) is 7.05. The van der Waals surface area contributed by atoms with Crippen molar-refractivity contribution in [3.63, 3.8) is 0 Å². The highest BCUT2D eigenvalue weighted by molar-refractivity contribution is 6.04. The van der Waals surface area contributed by atoms with Gasteiger partial charge in [-0.05, 0) is 32.6 Å². The number of hydrogen-bond acceptors (Lipinski definition) is 5. The number of imide groups is 1. The van der Waals surface area contributed by atoms with E-state index in [0.717, 1.165) is 5.76 Å². The molecule has 1 saturated heterocycles. The lowest BCUT2D eigenvalue weighted by atomic mass is 10.1. The van der Waals surface area contributed by atoms with Gasteiger partial charge in [0.15, 0.2) is 0 Å². The Hall–Kier alpha value is -2.35. The number of nitrogens with one attached hydrogen (secondary N) is 3. The zero-order chi connectivity index (χ0) is 16.1. The average Bonchev–Trinajstić information content (AvgIpc) is 3.06. The Morgan fingerprint density at radius 1 is 1.45 bits per heavy atom. The molecule has 1 aliphatic heterocycles. The number of furan rings is 1. The first-order valence-corrected chi connectivity index (χ1v) is 7.05. The van der Waals surface area contributed by atoms with E-state index in [9.17, 15) is 14.4 Å². The second-order valence-corrected chi connectivity index (χ2v) is 5.35. The van der Waals surface area contributed by atoms with Crippen LogP contribution in [0.4, 0.5) is 4.79 Å². The van der Waals surface area contributed by atoms with Gasteiger partial charge in [-0.25, -0.2) is 4.79 Å². The zero-order valence-electron chi connectivity index (χ0n) is 12.6. The highest BCUT2D eigenvalue weighted by atomic mass is 16.3. The van der Waals surface area contributed by atoms with E-state index in [1.54, 1.807) is 12.3 Å². The molecule has 2 rings (SSSR count). The molecule has 4 amide bonds. The summed E-state index contributed by atoms with van der Waals surface area (Å²) in [6.45, 7) is 0.405. The van der Waals surface area contributed by atoms with Crippen LogP contribution in [0.15, 0.2) is 22.8 Å². The van der Waals surface area contributed by atoms with Crippen molar-refractivity contribution in [1.82, 2.24) is 20.9 Å². The van der Waals surface area contributed by atoms with Crippen molar-refractivity contribution < 1.29 is 18.8 Å². The lowest BCUT2D eigenvalue weighted by molar-refractivity contribution is -0.122. The smallest absolute Gasteiger partial charge is 0.322 e. The molecule has 3 N–H and O–H groups in total. The van der Waals surface area contributed by atoms with E-state index in [2.05, 4.69) is 16.0 Å². The van der Waals surface area contributed by atoms with Crippen LogP contribution in [0.3, 0.4) is 0 Å². The molecule has 1 aromatic rings. The summed E-state index contributed by atoms with van der Waals surface area (Å²) in [7, 11) is 3.80. The van der Waals surface area contributed by atoms with Crippen LogP contribution in [0.2, 0.25) is 0 Å². The maximum atomic E-state index is 11.9. The van der Waals surface area contributed by atoms with Crippen LogP contribution in [0.1, 0.15) is 24.6 Å². The number of carbonyl (C=O) groups is 3. The Balaban J connectivity index is 1.77. The molecule has 22 heavy (non-hydrogen) atoms. The van der Waals surface area contributed by atoms with Gasteiger partial charge in [-0.1, -0.05) is 0 Å². The summed E-state index contributed by atoms with van der Waals surface area (Å²) in [5.41, 5.74) is 0. The summed E-state index contributed by atoms with van der Waals surface area (Å²) in [5, 5.41) is 7.41. The van der Waals surface area contributed by atoms with Crippen LogP contribution in [0, 0.1) is 0 Å². The van der Waals surface area contributed by atoms with Crippen LogP contribution in [0.25, 0.3) is 0 Å². The van der Waals surface area contributed by atoms with Crippen molar-refractivity contribution in [2.75, 3.05) is 20.6 Å². The maximum absolute atomic E-state index is 11.9. The van der Waals surface area contributed by atoms with Crippen LogP contribution in [-0.2, 0) is 9.59 Å². The predicted octanol–water partition coefficient (Wildman–Crippen LogP) is -0.0133. The summed E-state index contributed by atoms with van der Waals surface area (Å²) in [6, 6.07) is 2.45. The quantitative estimate of drug-likeness (QED) is 0.615. The van der Waals surface area contributed by atoms with Crippen molar-refractivity contribution in [3.8, 4) is 0 Å². The normalized spacial score (nSPS) is 19.0. The van der Waals surface area contributed by atoms with E-state index in [1.165, 1.54) is 0 Å². The van der Waals surface area contributed by atoms with Gasteiger partial charge >= 0.3 is 6.03 Å². The number of amides is 4. The standard InChI is InChI=1S/C14H20N4O4/c1-18(2)10(11-4-3-7-22-11)8-15-12(19)6-5-9-13(20)17-14(21)16-9/h3-4,7,9-10H,5-6,8H2,1-2H3,(H,15,19)(H2,16,17,20,21)/t9-,10-/m0/s1. The second-order valence-electron chi connectivity index (χ2n) is 5.35. The fourth-order valence-electron chi connectivity index (χ4n) is 2.26. The lowest BCUT2D eigenvalue weighted by Gasteiger charge is -2.22. The first-order chi connectivity index (χ1) is 10.5. The fraction of sp³-hybridized carbons (Fsp3) is 0.500.